The SMILES string of the molecule is Cc1ccc(Cl)cc1Nc1cc(Br)ccc1C(N)=S. The molecule has 0 atom stereocenters. The van der Waals surface area contributed by atoms with Crippen molar-refractivity contribution < 1.29 is 0 Å². The fourth-order valence-electron chi connectivity index (χ4n) is 1.71. The summed E-state index contributed by atoms with van der Waals surface area (Å²) in [5.74, 6) is 0. The molecule has 19 heavy (non-hydrogen) atoms. The van der Waals surface area contributed by atoms with Crippen LogP contribution in [0.15, 0.2) is 40.9 Å². The van der Waals surface area contributed by atoms with E-state index in [0.717, 1.165) is 27.0 Å². The van der Waals surface area contributed by atoms with Crippen molar-refractivity contribution in [1.82, 2.24) is 0 Å². The Morgan fingerprint density at radius 3 is 2.63 bits per heavy atom. The molecule has 0 fully saturated rings. The van der Waals surface area contributed by atoms with Crippen molar-refractivity contribution in [2.75, 3.05) is 5.32 Å². The van der Waals surface area contributed by atoms with Gasteiger partial charge >= 0.3 is 0 Å². The van der Waals surface area contributed by atoms with Crippen LogP contribution in [0, 0.1) is 6.92 Å². The third-order valence-corrected chi connectivity index (χ3v) is 3.66. The van der Waals surface area contributed by atoms with Gasteiger partial charge in [0.15, 0.2) is 0 Å². The van der Waals surface area contributed by atoms with Gasteiger partial charge in [-0.25, -0.2) is 0 Å². The second-order valence-corrected chi connectivity index (χ2v) is 5.93. The van der Waals surface area contributed by atoms with Crippen LogP contribution >= 0.6 is 39.7 Å². The summed E-state index contributed by atoms with van der Waals surface area (Å²) in [4.78, 5) is 0.356. The zero-order chi connectivity index (χ0) is 14.0. The summed E-state index contributed by atoms with van der Waals surface area (Å²) in [7, 11) is 0. The van der Waals surface area contributed by atoms with Crippen LogP contribution < -0.4 is 11.1 Å². The third kappa shape index (κ3) is 3.47. The lowest BCUT2D eigenvalue weighted by molar-refractivity contribution is 1.42. The lowest BCUT2D eigenvalue weighted by atomic mass is 10.1. The summed E-state index contributed by atoms with van der Waals surface area (Å²) in [5, 5.41) is 4.00. The highest BCUT2D eigenvalue weighted by Crippen LogP contribution is 2.28. The van der Waals surface area contributed by atoms with E-state index in [0.29, 0.717) is 10.0 Å². The Kier molecular flexibility index (Phi) is 4.45. The van der Waals surface area contributed by atoms with Crippen LogP contribution in [0.2, 0.25) is 5.02 Å². The Bertz CT molecular complexity index is 643. The largest absolute Gasteiger partial charge is 0.389 e. The van der Waals surface area contributed by atoms with E-state index in [1.165, 1.54) is 0 Å². The van der Waals surface area contributed by atoms with E-state index < -0.39 is 0 Å². The normalized spacial score (nSPS) is 10.3. The van der Waals surface area contributed by atoms with Gasteiger partial charge in [0, 0.05) is 26.4 Å². The summed E-state index contributed by atoms with van der Waals surface area (Å²) in [5.41, 5.74) is 9.42. The Morgan fingerprint density at radius 2 is 1.95 bits per heavy atom. The molecule has 0 saturated carbocycles. The van der Waals surface area contributed by atoms with Crippen molar-refractivity contribution in [3.8, 4) is 0 Å². The van der Waals surface area contributed by atoms with Gasteiger partial charge in [0.2, 0.25) is 0 Å². The number of anilines is 2. The van der Waals surface area contributed by atoms with Crippen molar-refractivity contribution in [1.29, 1.82) is 0 Å². The first-order valence-corrected chi connectivity index (χ1v) is 7.18. The van der Waals surface area contributed by atoms with Crippen LogP contribution in [0.5, 0.6) is 0 Å². The van der Waals surface area contributed by atoms with Crippen molar-refractivity contribution in [3.05, 3.63) is 57.0 Å². The summed E-state index contributed by atoms with van der Waals surface area (Å²) in [6, 6.07) is 11.4. The van der Waals surface area contributed by atoms with Gasteiger partial charge in [-0.05, 0) is 42.8 Å². The highest BCUT2D eigenvalue weighted by atomic mass is 79.9. The van der Waals surface area contributed by atoms with E-state index in [4.69, 9.17) is 29.6 Å². The fraction of sp³-hybridized carbons (Fsp3) is 0.0714. The molecule has 2 nitrogen and oxygen atoms in total. The molecule has 0 amide bonds. The first-order chi connectivity index (χ1) is 8.97. The molecule has 2 aromatic carbocycles. The van der Waals surface area contributed by atoms with Crippen LogP contribution in [-0.2, 0) is 0 Å². The van der Waals surface area contributed by atoms with Crippen LogP contribution in [0.4, 0.5) is 11.4 Å². The first kappa shape index (κ1) is 14.3. The molecule has 2 rings (SSSR count). The second kappa shape index (κ2) is 5.90. The summed E-state index contributed by atoms with van der Waals surface area (Å²) in [6.07, 6.45) is 0. The fourth-order valence-corrected chi connectivity index (χ4v) is 2.42. The number of benzene rings is 2. The van der Waals surface area contributed by atoms with Gasteiger partial charge in [0.25, 0.3) is 0 Å². The Balaban J connectivity index is 2.45. The number of aryl methyl sites for hydroxylation is 1. The molecule has 5 heteroatoms. The van der Waals surface area contributed by atoms with Gasteiger partial charge in [-0.3, -0.25) is 0 Å². The molecule has 0 aliphatic carbocycles. The Labute approximate surface area is 131 Å². The minimum atomic E-state index is 0.356. The van der Waals surface area contributed by atoms with Gasteiger partial charge in [0.1, 0.15) is 4.99 Å². The van der Waals surface area contributed by atoms with Crippen molar-refractivity contribution in [3.63, 3.8) is 0 Å². The number of nitrogens with one attached hydrogen (secondary N) is 1. The number of hydrogen-bond acceptors (Lipinski definition) is 2. The number of rotatable bonds is 3. The summed E-state index contributed by atoms with van der Waals surface area (Å²) >= 11 is 14.5. The number of thiocarbonyl (C=S) groups is 1. The van der Waals surface area contributed by atoms with Crippen molar-refractivity contribution in [2.24, 2.45) is 5.73 Å². The highest BCUT2D eigenvalue weighted by Gasteiger charge is 2.08. The van der Waals surface area contributed by atoms with E-state index in [1.807, 2.05) is 43.3 Å². The summed E-state index contributed by atoms with van der Waals surface area (Å²) in [6.45, 7) is 2.01. The molecule has 0 aromatic heterocycles. The smallest absolute Gasteiger partial charge is 0.106 e. The Morgan fingerprint density at radius 1 is 1.21 bits per heavy atom. The molecule has 3 N–H and O–H groups in total. The molecule has 98 valence electrons. The van der Waals surface area contributed by atoms with Gasteiger partial charge in [-0.15, -0.1) is 0 Å². The zero-order valence-electron chi connectivity index (χ0n) is 10.2. The predicted molar refractivity (Wildman–Crippen MR) is 89.5 cm³/mol. The molecule has 0 unspecified atom stereocenters. The average molecular weight is 356 g/mol. The molecule has 2 aromatic rings. The quantitative estimate of drug-likeness (QED) is 0.778. The van der Waals surface area contributed by atoms with Gasteiger partial charge in [-0.2, -0.15) is 0 Å². The first-order valence-electron chi connectivity index (χ1n) is 5.60. The van der Waals surface area contributed by atoms with E-state index in [2.05, 4.69) is 21.2 Å². The van der Waals surface area contributed by atoms with Crippen molar-refractivity contribution >= 4 is 56.1 Å². The molecule has 0 spiro atoms. The van der Waals surface area contributed by atoms with E-state index in [9.17, 15) is 0 Å². The van der Waals surface area contributed by atoms with Crippen molar-refractivity contribution in [2.45, 2.75) is 6.92 Å². The average Bonchev–Trinajstić information content (AvgIpc) is 2.33. The van der Waals surface area contributed by atoms with Crippen LogP contribution in [0.25, 0.3) is 0 Å². The van der Waals surface area contributed by atoms with Gasteiger partial charge < -0.3 is 11.1 Å². The van der Waals surface area contributed by atoms with E-state index in [1.54, 1.807) is 0 Å². The predicted octanol–water partition coefficient (Wildman–Crippen LogP) is 4.79. The molecular weight excluding hydrogens is 344 g/mol. The maximum absolute atomic E-state index is 6.02. The molecule has 0 saturated heterocycles. The third-order valence-electron chi connectivity index (χ3n) is 2.72. The molecule has 0 bridgehead atoms. The minimum Gasteiger partial charge on any atom is -0.389 e. The highest BCUT2D eigenvalue weighted by molar-refractivity contribution is 9.10. The standard InChI is InChI=1S/C14H12BrClN2S/c1-8-2-4-10(16)7-12(8)18-13-6-9(15)3-5-11(13)14(17)19/h2-7,18H,1H3,(H2,17,19). The monoisotopic (exact) mass is 354 g/mol. The van der Waals surface area contributed by atoms with E-state index in [-0.39, 0.29) is 0 Å². The molecular formula is C14H12BrClN2S. The van der Waals surface area contributed by atoms with Gasteiger partial charge in [-0.1, -0.05) is 45.8 Å². The lowest BCUT2D eigenvalue weighted by Crippen LogP contribution is -2.12. The van der Waals surface area contributed by atoms with E-state index >= 15 is 0 Å². The number of halogens is 2. The maximum Gasteiger partial charge on any atom is 0.106 e. The zero-order valence-corrected chi connectivity index (χ0v) is 13.4. The van der Waals surface area contributed by atoms with Crippen LogP contribution in [0.1, 0.15) is 11.1 Å². The molecule has 0 aliphatic heterocycles. The minimum absolute atomic E-state index is 0.356. The maximum atomic E-state index is 6.02. The van der Waals surface area contributed by atoms with Crippen LogP contribution in [0.3, 0.4) is 0 Å². The Hall–Kier alpha value is -1.10. The topological polar surface area (TPSA) is 38.0 Å². The van der Waals surface area contributed by atoms with Gasteiger partial charge in [0.05, 0.1) is 0 Å². The lowest BCUT2D eigenvalue weighted by Gasteiger charge is -2.14. The summed E-state index contributed by atoms with van der Waals surface area (Å²) < 4.78 is 0.953. The molecule has 0 aliphatic rings. The second-order valence-electron chi connectivity index (χ2n) is 4.14. The molecule has 0 radical (unpaired) electrons. The number of hydrogen-bond donors (Lipinski definition) is 2. The number of nitrogens with two attached hydrogens (primary N) is 1. The van der Waals surface area contributed by atoms with Crippen LogP contribution in [-0.4, -0.2) is 4.99 Å². The molecule has 0 heterocycles.